The molecule has 1 aromatic rings. The Morgan fingerprint density at radius 2 is 2.27 bits per heavy atom. The van der Waals surface area contributed by atoms with E-state index in [-0.39, 0.29) is 18.0 Å². The summed E-state index contributed by atoms with van der Waals surface area (Å²) in [4.78, 5) is 9.89. The number of phenols is 1. The van der Waals surface area contributed by atoms with Crippen LogP contribution in [0.15, 0.2) is 16.6 Å². The third-order valence-corrected chi connectivity index (χ3v) is 2.30. The molecule has 1 aromatic carbocycles. The first kappa shape index (κ1) is 11.8. The maximum Gasteiger partial charge on any atom is 0.229 e. The zero-order valence-corrected chi connectivity index (χ0v) is 9.65. The van der Waals surface area contributed by atoms with Gasteiger partial charge in [-0.15, -0.1) is 0 Å². The van der Waals surface area contributed by atoms with E-state index in [1.165, 1.54) is 12.1 Å². The van der Waals surface area contributed by atoms with E-state index in [4.69, 9.17) is 4.74 Å². The van der Waals surface area contributed by atoms with Gasteiger partial charge in [0.2, 0.25) is 6.54 Å². The van der Waals surface area contributed by atoms with Crippen molar-refractivity contribution in [1.29, 1.82) is 0 Å². The Kier molecular flexibility index (Phi) is 3.90. The number of ether oxygens (including phenoxy) is 1. The zero-order chi connectivity index (χ0) is 11.4. The lowest BCUT2D eigenvalue weighted by molar-refractivity contribution is -0.496. The fourth-order valence-electron chi connectivity index (χ4n) is 1.13. The van der Waals surface area contributed by atoms with E-state index >= 15 is 0 Å². The van der Waals surface area contributed by atoms with Gasteiger partial charge in [-0.2, -0.15) is 0 Å². The average molecular weight is 276 g/mol. The second kappa shape index (κ2) is 4.97. The van der Waals surface area contributed by atoms with Crippen LogP contribution in [0.5, 0.6) is 11.5 Å². The van der Waals surface area contributed by atoms with Crippen molar-refractivity contribution in [1.82, 2.24) is 0 Å². The molecule has 6 heteroatoms. The van der Waals surface area contributed by atoms with Gasteiger partial charge in [-0.1, -0.05) is 0 Å². The lowest BCUT2D eigenvalue weighted by Crippen LogP contribution is -2.00. The molecule has 0 aliphatic rings. The minimum absolute atomic E-state index is 0.0380. The van der Waals surface area contributed by atoms with Gasteiger partial charge in [-0.25, -0.2) is 0 Å². The Balaban J connectivity index is 3.05. The molecule has 5 nitrogen and oxygen atoms in total. The largest absolute Gasteiger partial charge is 0.503 e. The molecule has 0 unspecified atom stereocenters. The summed E-state index contributed by atoms with van der Waals surface area (Å²) in [6, 6.07) is 2.97. The number of halogens is 1. The van der Waals surface area contributed by atoms with E-state index in [2.05, 4.69) is 15.9 Å². The quantitative estimate of drug-likeness (QED) is 0.676. The number of hydrogen-bond donors (Lipinski definition) is 1. The minimum Gasteiger partial charge on any atom is -0.503 e. The molecule has 0 aliphatic heterocycles. The van der Waals surface area contributed by atoms with Crippen molar-refractivity contribution >= 4 is 15.9 Å². The summed E-state index contributed by atoms with van der Waals surface area (Å²) in [7, 11) is 0. The van der Waals surface area contributed by atoms with Gasteiger partial charge in [-0.3, -0.25) is 10.1 Å². The summed E-state index contributed by atoms with van der Waals surface area (Å²) < 4.78 is 5.53. The molecule has 0 bridgehead atoms. The van der Waals surface area contributed by atoms with Crippen molar-refractivity contribution in [3.05, 3.63) is 32.3 Å². The Labute approximate surface area is 95.0 Å². The van der Waals surface area contributed by atoms with E-state index in [0.29, 0.717) is 16.6 Å². The van der Waals surface area contributed by atoms with Crippen LogP contribution in [0.1, 0.15) is 12.5 Å². The first-order valence-electron chi connectivity index (χ1n) is 4.30. The van der Waals surface area contributed by atoms with Gasteiger partial charge in [0, 0.05) is 10.5 Å². The highest BCUT2D eigenvalue weighted by Crippen LogP contribution is 2.35. The SMILES string of the molecule is CCOc1cc(C[N+](=O)[O-])cc(Br)c1O. The maximum atomic E-state index is 10.3. The predicted molar refractivity (Wildman–Crippen MR) is 57.7 cm³/mol. The Bertz CT molecular complexity index is 381. The van der Waals surface area contributed by atoms with Crippen LogP contribution in [-0.2, 0) is 6.54 Å². The molecule has 1 N–H and O–H groups in total. The molecular formula is C9H10BrNO4. The van der Waals surface area contributed by atoms with Gasteiger partial charge in [0.15, 0.2) is 11.5 Å². The zero-order valence-electron chi connectivity index (χ0n) is 8.07. The van der Waals surface area contributed by atoms with Crippen LogP contribution in [0.3, 0.4) is 0 Å². The van der Waals surface area contributed by atoms with Crippen molar-refractivity contribution in [2.45, 2.75) is 13.5 Å². The summed E-state index contributed by atoms with van der Waals surface area (Å²) in [6.07, 6.45) is 0. The predicted octanol–water partition coefficient (Wildman–Crippen LogP) is 2.33. The highest BCUT2D eigenvalue weighted by molar-refractivity contribution is 9.10. The monoisotopic (exact) mass is 275 g/mol. The molecule has 15 heavy (non-hydrogen) atoms. The van der Waals surface area contributed by atoms with Crippen molar-refractivity contribution in [3.63, 3.8) is 0 Å². The molecule has 1 rings (SSSR count). The third-order valence-electron chi connectivity index (χ3n) is 1.70. The summed E-state index contributed by atoms with van der Waals surface area (Å²) in [6.45, 7) is 1.87. The van der Waals surface area contributed by atoms with E-state index < -0.39 is 4.92 Å². The number of rotatable bonds is 4. The normalized spacial score (nSPS) is 10.0. The summed E-state index contributed by atoms with van der Waals surface area (Å²) in [5, 5.41) is 19.9. The summed E-state index contributed by atoms with van der Waals surface area (Å²) >= 11 is 3.10. The fraction of sp³-hybridized carbons (Fsp3) is 0.333. The molecule has 0 saturated heterocycles. The van der Waals surface area contributed by atoms with Crippen LogP contribution < -0.4 is 4.74 Å². The average Bonchev–Trinajstić information content (AvgIpc) is 2.12. The number of nitro groups is 1. The summed E-state index contributed by atoms with van der Waals surface area (Å²) in [5.41, 5.74) is 0.480. The van der Waals surface area contributed by atoms with Crippen molar-refractivity contribution in [2.24, 2.45) is 0 Å². The highest BCUT2D eigenvalue weighted by Gasteiger charge is 2.11. The lowest BCUT2D eigenvalue weighted by Gasteiger charge is -2.08. The number of benzene rings is 1. The minimum atomic E-state index is -0.436. The van der Waals surface area contributed by atoms with Crippen molar-refractivity contribution in [3.8, 4) is 11.5 Å². The van der Waals surface area contributed by atoms with Gasteiger partial charge >= 0.3 is 0 Å². The number of hydrogen-bond acceptors (Lipinski definition) is 4. The fourth-order valence-corrected chi connectivity index (χ4v) is 1.62. The smallest absolute Gasteiger partial charge is 0.229 e. The topological polar surface area (TPSA) is 72.6 Å². The summed E-state index contributed by atoms with van der Waals surface area (Å²) in [5.74, 6) is 0.215. The molecule has 0 heterocycles. The number of aromatic hydroxyl groups is 1. The highest BCUT2D eigenvalue weighted by atomic mass is 79.9. The van der Waals surface area contributed by atoms with Gasteiger partial charge in [0.25, 0.3) is 0 Å². The molecule has 0 aromatic heterocycles. The maximum absolute atomic E-state index is 10.3. The van der Waals surface area contributed by atoms with Crippen LogP contribution in [0.4, 0.5) is 0 Å². The van der Waals surface area contributed by atoms with E-state index in [1.807, 2.05) is 0 Å². The standard InChI is InChI=1S/C9H10BrNO4/c1-2-15-8-4-6(5-11(13)14)3-7(10)9(8)12/h3-4,12H,2,5H2,1H3. The van der Waals surface area contributed by atoms with Gasteiger partial charge in [0.05, 0.1) is 11.1 Å². The van der Waals surface area contributed by atoms with E-state index in [9.17, 15) is 15.2 Å². The molecule has 82 valence electrons. The van der Waals surface area contributed by atoms with Crippen LogP contribution in [0, 0.1) is 10.1 Å². The first-order valence-corrected chi connectivity index (χ1v) is 5.10. The van der Waals surface area contributed by atoms with Crippen LogP contribution in [0.2, 0.25) is 0 Å². The van der Waals surface area contributed by atoms with Crippen LogP contribution in [0.25, 0.3) is 0 Å². The molecule has 0 fully saturated rings. The Morgan fingerprint density at radius 3 is 2.80 bits per heavy atom. The molecule has 0 atom stereocenters. The van der Waals surface area contributed by atoms with Crippen LogP contribution in [-0.4, -0.2) is 16.6 Å². The third kappa shape index (κ3) is 3.09. The van der Waals surface area contributed by atoms with Crippen molar-refractivity contribution < 1.29 is 14.8 Å². The molecule has 0 aliphatic carbocycles. The number of phenolic OH excluding ortho intramolecular Hbond substituents is 1. The molecule has 0 radical (unpaired) electrons. The first-order chi connectivity index (χ1) is 7.04. The van der Waals surface area contributed by atoms with E-state index in [0.717, 1.165) is 0 Å². The van der Waals surface area contributed by atoms with Gasteiger partial charge < -0.3 is 9.84 Å². The van der Waals surface area contributed by atoms with Gasteiger partial charge in [0.1, 0.15) is 0 Å². The second-order valence-electron chi connectivity index (χ2n) is 2.85. The molecular weight excluding hydrogens is 266 g/mol. The van der Waals surface area contributed by atoms with Crippen LogP contribution >= 0.6 is 15.9 Å². The lowest BCUT2D eigenvalue weighted by atomic mass is 10.2. The van der Waals surface area contributed by atoms with E-state index in [1.54, 1.807) is 6.92 Å². The Hall–Kier alpha value is -1.30. The molecule has 0 saturated carbocycles. The molecule has 0 spiro atoms. The number of nitrogens with zero attached hydrogens (tertiary/aromatic N) is 1. The van der Waals surface area contributed by atoms with Gasteiger partial charge in [-0.05, 0) is 35.0 Å². The molecule has 0 amide bonds. The Morgan fingerprint density at radius 1 is 1.60 bits per heavy atom. The van der Waals surface area contributed by atoms with Crippen molar-refractivity contribution in [2.75, 3.05) is 6.61 Å². The second-order valence-corrected chi connectivity index (χ2v) is 3.70.